The van der Waals surface area contributed by atoms with Crippen LogP contribution in [-0.2, 0) is 5.41 Å². The highest BCUT2D eigenvalue weighted by Crippen LogP contribution is 2.57. The van der Waals surface area contributed by atoms with E-state index in [2.05, 4.69) is 276 Å². The van der Waals surface area contributed by atoms with Crippen LogP contribution in [0.4, 0.5) is 17.1 Å². The van der Waals surface area contributed by atoms with Gasteiger partial charge in [0.25, 0.3) is 0 Å². The number of para-hydroxylation sites is 2. The lowest BCUT2D eigenvalue weighted by atomic mass is 9.67. The van der Waals surface area contributed by atoms with Gasteiger partial charge >= 0.3 is 0 Å². The van der Waals surface area contributed by atoms with Gasteiger partial charge in [-0.25, -0.2) is 0 Å². The summed E-state index contributed by atoms with van der Waals surface area (Å²) in [4.78, 5) is 2.49. The third kappa shape index (κ3) is 6.18. The molecule has 0 radical (unpaired) electrons. The van der Waals surface area contributed by atoms with Crippen LogP contribution in [0.2, 0.25) is 0 Å². The van der Waals surface area contributed by atoms with Crippen LogP contribution in [0.1, 0.15) is 22.3 Å². The average Bonchev–Trinajstić information content (AvgIpc) is 3.90. The van der Waals surface area contributed by atoms with Gasteiger partial charge in [-0.3, -0.25) is 0 Å². The summed E-state index contributed by atoms with van der Waals surface area (Å²) in [5, 5.41) is 4.84. The molecule has 0 amide bonds. The molecule has 1 aliphatic rings. The fraction of sp³-hybridized carbons (Fsp3) is 0.0154. The van der Waals surface area contributed by atoms with E-state index >= 15 is 0 Å². The summed E-state index contributed by atoms with van der Waals surface area (Å²) < 4.78 is 2.45. The summed E-state index contributed by atoms with van der Waals surface area (Å²) in [6, 6.07) is 98.4. The molecule has 11 aromatic carbocycles. The number of fused-ring (bicyclic) bond motifs is 7. The predicted octanol–water partition coefficient (Wildman–Crippen LogP) is 17.1. The highest BCUT2D eigenvalue weighted by Gasteiger charge is 2.46. The second-order valence-electron chi connectivity index (χ2n) is 17.6. The average molecular weight is 853 g/mol. The Hall–Kier alpha value is -8.72. The van der Waals surface area contributed by atoms with Crippen molar-refractivity contribution in [2.45, 2.75) is 5.41 Å². The molecule has 0 fully saturated rings. The quantitative estimate of drug-likeness (QED) is 0.148. The molecular weight excluding hydrogens is 809 g/mol. The summed E-state index contributed by atoms with van der Waals surface area (Å²) in [7, 11) is 0. The number of hydrogen-bond acceptors (Lipinski definition) is 1. The summed E-state index contributed by atoms with van der Waals surface area (Å²) in [6.45, 7) is 0. The lowest BCUT2D eigenvalue weighted by molar-refractivity contribution is 0.768. The monoisotopic (exact) mass is 852 g/mol. The van der Waals surface area contributed by atoms with E-state index in [1.165, 1.54) is 82.7 Å². The van der Waals surface area contributed by atoms with Gasteiger partial charge in [-0.15, -0.1) is 0 Å². The van der Waals surface area contributed by atoms with Crippen molar-refractivity contribution in [3.8, 4) is 39.1 Å². The molecule has 0 aliphatic heterocycles. The molecule has 1 aromatic heterocycles. The molecule has 314 valence electrons. The molecule has 1 aliphatic carbocycles. The van der Waals surface area contributed by atoms with Crippen LogP contribution in [0.25, 0.3) is 71.6 Å². The molecule has 12 aromatic rings. The highest BCUT2D eigenvalue weighted by molar-refractivity contribution is 6.17. The van der Waals surface area contributed by atoms with Crippen molar-refractivity contribution in [3.63, 3.8) is 0 Å². The Morgan fingerprint density at radius 1 is 0.313 bits per heavy atom. The van der Waals surface area contributed by atoms with Crippen molar-refractivity contribution in [2.24, 2.45) is 0 Å². The molecule has 13 rings (SSSR count). The van der Waals surface area contributed by atoms with E-state index in [0.29, 0.717) is 0 Å². The first-order chi connectivity index (χ1) is 33.2. The number of nitrogens with zero attached hydrogens (tertiary/aromatic N) is 2. The van der Waals surface area contributed by atoms with Crippen molar-refractivity contribution in [2.75, 3.05) is 4.90 Å². The van der Waals surface area contributed by atoms with E-state index < -0.39 is 5.41 Å². The Kier molecular flexibility index (Phi) is 9.11. The Labute approximate surface area is 390 Å². The van der Waals surface area contributed by atoms with Crippen molar-refractivity contribution in [1.82, 2.24) is 4.57 Å². The van der Waals surface area contributed by atoms with Crippen LogP contribution >= 0.6 is 0 Å². The van der Waals surface area contributed by atoms with E-state index in [4.69, 9.17) is 0 Å². The standard InChI is InChI=1S/C65H44N2/c1-5-20-45(21-6-1)47-24-19-25-49(40-47)59-42-55(44-63-64(59)58-33-16-18-35-62(58)67(63)52-30-11-4-12-31-52)66(53-37-36-46-22-13-14-23-48(46)41-53)54-38-39-57-56-32-15-17-34-60(56)65(61(57)43-54,50-26-7-2-8-27-50)51-28-9-3-10-29-51/h1-44H. The van der Waals surface area contributed by atoms with Gasteiger partial charge in [0, 0.05) is 33.5 Å². The van der Waals surface area contributed by atoms with Crippen LogP contribution in [0.15, 0.2) is 267 Å². The topological polar surface area (TPSA) is 8.17 Å². The Bertz CT molecular complexity index is 3760. The Morgan fingerprint density at radius 3 is 1.67 bits per heavy atom. The SMILES string of the molecule is c1ccc(-c2cccc(-c3cc(N(c4ccc5c(c4)C(c4ccccc4)(c4ccccc4)c4ccccc4-5)c4ccc5ccccc5c4)cc4c3c3ccccc3n4-c3ccccc3)c2)cc1. The van der Waals surface area contributed by atoms with Gasteiger partial charge in [0.15, 0.2) is 0 Å². The summed E-state index contributed by atoms with van der Waals surface area (Å²) in [5.74, 6) is 0. The zero-order chi connectivity index (χ0) is 44.3. The molecule has 2 nitrogen and oxygen atoms in total. The Morgan fingerprint density at radius 2 is 0.896 bits per heavy atom. The van der Waals surface area contributed by atoms with Crippen LogP contribution in [0.3, 0.4) is 0 Å². The van der Waals surface area contributed by atoms with Gasteiger partial charge in [-0.05, 0) is 127 Å². The molecule has 0 spiro atoms. The lowest BCUT2D eigenvalue weighted by Gasteiger charge is -2.35. The smallest absolute Gasteiger partial charge is 0.0714 e. The Balaban J connectivity index is 1.14. The minimum atomic E-state index is -0.549. The van der Waals surface area contributed by atoms with Gasteiger partial charge in [0.05, 0.1) is 16.4 Å². The largest absolute Gasteiger partial charge is 0.310 e. The van der Waals surface area contributed by atoms with Gasteiger partial charge in [0.1, 0.15) is 0 Å². The van der Waals surface area contributed by atoms with Crippen LogP contribution < -0.4 is 4.90 Å². The maximum atomic E-state index is 2.49. The molecule has 0 saturated carbocycles. The minimum Gasteiger partial charge on any atom is -0.310 e. The third-order valence-corrected chi connectivity index (χ3v) is 14.0. The van der Waals surface area contributed by atoms with Gasteiger partial charge in [-0.2, -0.15) is 0 Å². The molecular formula is C65H44N2. The second-order valence-corrected chi connectivity index (χ2v) is 17.6. The minimum absolute atomic E-state index is 0.549. The van der Waals surface area contributed by atoms with Crippen LogP contribution in [0.5, 0.6) is 0 Å². The van der Waals surface area contributed by atoms with Crippen LogP contribution in [0, 0.1) is 0 Å². The van der Waals surface area contributed by atoms with E-state index in [9.17, 15) is 0 Å². The van der Waals surface area contributed by atoms with E-state index in [-0.39, 0.29) is 0 Å². The molecule has 0 N–H and O–H groups in total. The van der Waals surface area contributed by atoms with Crippen molar-refractivity contribution < 1.29 is 0 Å². The number of anilines is 3. The first-order valence-electron chi connectivity index (χ1n) is 23.2. The van der Waals surface area contributed by atoms with Gasteiger partial charge in [0.2, 0.25) is 0 Å². The molecule has 67 heavy (non-hydrogen) atoms. The molecule has 0 saturated heterocycles. The van der Waals surface area contributed by atoms with E-state index in [0.717, 1.165) is 28.3 Å². The molecule has 2 heteroatoms. The summed E-state index contributed by atoms with van der Waals surface area (Å²) >= 11 is 0. The number of benzene rings is 11. The number of aromatic nitrogens is 1. The fourth-order valence-corrected chi connectivity index (χ4v) is 11.1. The number of hydrogen-bond donors (Lipinski definition) is 0. The maximum Gasteiger partial charge on any atom is 0.0714 e. The maximum absolute atomic E-state index is 2.49. The van der Waals surface area contributed by atoms with Crippen molar-refractivity contribution in [1.29, 1.82) is 0 Å². The van der Waals surface area contributed by atoms with E-state index in [1.807, 2.05) is 0 Å². The number of rotatable bonds is 8. The zero-order valence-corrected chi connectivity index (χ0v) is 36.8. The summed E-state index contributed by atoms with van der Waals surface area (Å²) in [6.07, 6.45) is 0. The first kappa shape index (κ1) is 38.7. The van der Waals surface area contributed by atoms with Gasteiger partial charge in [-0.1, -0.05) is 206 Å². The molecule has 0 bridgehead atoms. The highest BCUT2D eigenvalue weighted by atomic mass is 15.1. The zero-order valence-electron chi connectivity index (χ0n) is 36.8. The second kappa shape index (κ2) is 15.8. The predicted molar refractivity (Wildman–Crippen MR) is 281 cm³/mol. The molecule has 0 unspecified atom stereocenters. The fourth-order valence-electron chi connectivity index (χ4n) is 11.1. The first-order valence-corrected chi connectivity index (χ1v) is 23.2. The van der Waals surface area contributed by atoms with Crippen LogP contribution in [-0.4, -0.2) is 4.57 Å². The van der Waals surface area contributed by atoms with Crippen molar-refractivity contribution in [3.05, 3.63) is 289 Å². The third-order valence-electron chi connectivity index (χ3n) is 14.0. The summed E-state index contributed by atoms with van der Waals surface area (Å²) in [5.41, 5.74) is 18.4. The van der Waals surface area contributed by atoms with Crippen molar-refractivity contribution >= 4 is 49.6 Å². The molecule has 1 heterocycles. The molecule has 0 atom stereocenters. The van der Waals surface area contributed by atoms with Gasteiger partial charge < -0.3 is 9.47 Å². The normalized spacial score (nSPS) is 12.6. The lowest BCUT2D eigenvalue weighted by Crippen LogP contribution is -2.28. The van der Waals surface area contributed by atoms with E-state index in [1.54, 1.807) is 0 Å².